The third kappa shape index (κ3) is 3.11. The molecule has 4 heteroatoms. The zero-order chi connectivity index (χ0) is 14.0. The van der Waals surface area contributed by atoms with Gasteiger partial charge in [0.2, 0.25) is 0 Å². The first-order valence-corrected chi connectivity index (χ1v) is 6.84. The first-order valence-electron chi connectivity index (χ1n) is 6.84. The van der Waals surface area contributed by atoms with E-state index in [0.29, 0.717) is 17.4 Å². The summed E-state index contributed by atoms with van der Waals surface area (Å²) in [5, 5.41) is 3.34. The lowest BCUT2D eigenvalue weighted by Gasteiger charge is -2.37. The first kappa shape index (κ1) is 14.4. The summed E-state index contributed by atoms with van der Waals surface area (Å²) >= 11 is 0. The fourth-order valence-electron chi connectivity index (χ4n) is 2.61. The second-order valence-electron chi connectivity index (χ2n) is 5.76. The summed E-state index contributed by atoms with van der Waals surface area (Å²) < 4.78 is 39.9. The summed E-state index contributed by atoms with van der Waals surface area (Å²) in [5.74, 6) is -2.58. The Morgan fingerprint density at radius 1 is 1.16 bits per heavy atom. The average molecular weight is 271 g/mol. The van der Waals surface area contributed by atoms with Crippen LogP contribution in [0.15, 0.2) is 12.1 Å². The van der Waals surface area contributed by atoms with E-state index in [9.17, 15) is 13.2 Å². The Labute approximate surface area is 112 Å². The summed E-state index contributed by atoms with van der Waals surface area (Å²) in [5.41, 5.74) is 0.321. The minimum atomic E-state index is -1.35. The van der Waals surface area contributed by atoms with Crippen LogP contribution in [0, 0.1) is 29.3 Å². The molecule has 0 heterocycles. The molecule has 19 heavy (non-hydrogen) atoms. The number of nitrogens with one attached hydrogen (secondary N) is 1. The van der Waals surface area contributed by atoms with E-state index < -0.39 is 17.5 Å². The van der Waals surface area contributed by atoms with E-state index in [4.69, 9.17) is 0 Å². The van der Waals surface area contributed by atoms with Gasteiger partial charge in [0.1, 0.15) is 0 Å². The van der Waals surface area contributed by atoms with Crippen LogP contribution in [0.5, 0.6) is 0 Å². The molecule has 0 saturated heterocycles. The Morgan fingerprint density at radius 2 is 1.89 bits per heavy atom. The maximum Gasteiger partial charge on any atom is 0.194 e. The van der Waals surface area contributed by atoms with Crippen molar-refractivity contribution in [1.82, 2.24) is 5.32 Å². The SMILES string of the molecule is CC(C)CNCC1CCC1c1ccc(F)c(F)c1F. The zero-order valence-corrected chi connectivity index (χ0v) is 11.3. The smallest absolute Gasteiger partial charge is 0.194 e. The fraction of sp³-hybridized carbons (Fsp3) is 0.600. The molecule has 2 unspecified atom stereocenters. The Morgan fingerprint density at radius 3 is 2.47 bits per heavy atom. The van der Waals surface area contributed by atoms with Crippen molar-refractivity contribution in [2.24, 2.45) is 11.8 Å². The molecule has 2 rings (SSSR count). The Kier molecular flexibility index (Phi) is 4.50. The third-order valence-electron chi connectivity index (χ3n) is 3.84. The molecule has 1 aromatic rings. The molecule has 1 N–H and O–H groups in total. The topological polar surface area (TPSA) is 12.0 Å². The van der Waals surface area contributed by atoms with E-state index in [-0.39, 0.29) is 5.92 Å². The standard InChI is InChI=1S/C15H20F3N/c1-9(2)7-19-8-10-3-4-11(10)12-5-6-13(16)15(18)14(12)17/h5-6,9-11,19H,3-4,7-8H2,1-2H3. The highest BCUT2D eigenvalue weighted by Crippen LogP contribution is 2.43. The maximum absolute atomic E-state index is 13.7. The van der Waals surface area contributed by atoms with Crippen LogP contribution in [-0.2, 0) is 0 Å². The van der Waals surface area contributed by atoms with Crippen molar-refractivity contribution in [3.8, 4) is 0 Å². The number of hydrogen-bond acceptors (Lipinski definition) is 1. The molecule has 1 aliphatic rings. The molecule has 0 spiro atoms. The van der Waals surface area contributed by atoms with E-state index in [0.717, 1.165) is 32.0 Å². The van der Waals surface area contributed by atoms with Crippen LogP contribution < -0.4 is 5.32 Å². The van der Waals surface area contributed by atoms with Crippen LogP contribution in [0.4, 0.5) is 13.2 Å². The summed E-state index contributed by atoms with van der Waals surface area (Å²) in [6.45, 7) is 5.98. The second kappa shape index (κ2) is 5.95. The van der Waals surface area contributed by atoms with E-state index in [1.807, 2.05) is 0 Å². The second-order valence-corrected chi connectivity index (χ2v) is 5.76. The van der Waals surface area contributed by atoms with Crippen LogP contribution in [0.1, 0.15) is 38.2 Å². The third-order valence-corrected chi connectivity index (χ3v) is 3.84. The molecule has 2 atom stereocenters. The van der Waals surface area contributed by atoms with Gasteiger partial charge < -0.3 is 5.32 Å². The molecule has 1 aromatic carbocycles. The lowest BCUT2D eigenvalue weighted by atomic mass is 9.69. The van der Waals surface area contributed by atoms with Crippen molar-refractivity contribution in [3.63, 3.8) is 0 Å². The number of rotatable bonds is 5. The van der Waals surface area contributed by atoms with Crippen LogP contribution in [0.3, 0.4) is 0 Å². The molecule has 0 bridgehead atoms. The molecule has 1 saturated carbocycles. The molecule has 0 radical (unpaired) electrons. The van der Waals surface area contributed by atoms with Crippen molar-refractivity contribution in [3.05, 3.63) is 35.1 Å². The van der Waals surface area contributed by atoms with Gasteiger partial charge in [-0.25, -0.2) is 13.2 Å². The predicted octanol–water partition coefficient (Wildman–Crippen LogP) is 3.84. The van der Waals surface area contributed by atoms with Gasteiger partial charge in [-0.1, -0.05) is 19.9 Å². The molecule has 0 aliphatic heterocycles. The molecule has 1 fully saturated rings. The van der Waals surface area contributed by atoms with Gasteiger partial charge in [0.15, 0.2) is 17.5 Å². The molecule has 0 amide bonds. The van der Waals surface area contributed by atoms with Gasteiger partial charge in [-0.05, 0) is 55.3 Å². The van der Waals surface area contributed by atoms with Gasteiger partial charge >= 0.3 is 0 Å². The summed E-state index contributed by atoms with van der Waals surface area (Å²) in [6, 6.07) is 2.40. The van der Waals surface area contributed by atoms with E-state index in [1.54, 1.807) is 0 Å². The van der Waals surface area contributed by atoms with E-state index >= 15 is 0 Å². The molecular weight excluding hydrogens is 251 g/mol. The van der Waals surface area contributed by atoms with Crippen molar-refractivity contribution in [2.45, 2.75) is 32.6 Å². The summed E-state index contributed by atoms with van der Waals surface area (Å²) in [4.78, 5) is 0. The minimum Gasteiger partial charge on any atom is -0.316 e. The monoisotopic (exact) mass is 271 g/mol. The largest absolute Gasteiger partial charge is 0.316 e. The maximum atomic E-state index is 13.7. The lowest BCUT2D eigenvalue weighted by Crippen LogP contribution is -2.35. The zero-order valence-electron chi connectivity index (χ0n) is 11.3. The Hall–Kier alpha value is -1.03. The normalized spacial score (nSPS) is 22.6. The lowest BCUT2D eigenvalue weighted by molar-refractivity contribution is 0.236. The van der Waals surface area contributed by atoms with Crippen LogP contribution in [0.2, 0.25) is 0 Å². The fourth-order valence-corrected chi connectivity index (χ4v) is 2.61. The number of hydrogen-bond donors (Lipinski definition) is 1. The summed E-state index contributed by atoms with van der Waals surface area (Å²) in [7, 11) is 0. The molecule has 1 nitrogen and oxygen atoms in total. The number of halogens is 3. The Balaban J connectivity index is 2.01. The van der Waals surface area contributed by atoms with Gasteiger partial charge in [-0.15, -0.1) is 0 Å². The quantitative estimate of drug-likeness (QED) is 0.802. The van der Waals surface area contributed by atoms with Crippen molar-refractivity contribution in [2.75, 3.05) is 13.1 Å². The summed E-state index contributed by atoms with van der Waals surface area (Å²) in [6.07, 6.45) is 1.85. The highest BCUT2D eigenvalue weighted by atomic mass is 19.2. The minimum absolute atomic E-state index is 0.00904. The van der Waals surface area contributed by atoms with Gasteiger partial charge in [0, 0.05) is 0 Å². The number of benzene rings is 1. The van der Waals surface area contributed by atoms with Crippen molar-refractivity contribution < 1.29 is 13.2 Å². The average Bonchev–Trinajstić information content (AvgIpc) is 2.33. The molecule has 106 valence electrons. The molecule has 1 aliphatic carbocycles. The highest BCUT2D eigenvalue weighted by molar-refractivity contribution is 5.26. The van der Waals surface area contributed by atoms with Gasteiger partial charge in [-0.3, -0.25) is 0 Å². The van der Waals surface area contributed by atoms with Crippen molar-refractivity contribution >= 4 is 0 Å². The first-order chi connectivity index (χ1) is 9.00. The molecular formula is C15H20F3N. The van der Waals surface area contributed by atoms with Gasteiger partial charge in [0.05, 0.1) is 0 Å². The predicted molar refractivity (Wildman–Crippen MR) is 69.5 cm³/mol. The van der Waals surface area contributed by atoms with Crippen LogP contribution >= 0.6 is 0 Å². The van der Waals surface area contributed by atoms with Gasteiger partial charge in [0.25, 0.3) is 0 Å². The molecule has 0 aromatic heterocycles. The van der Waals surface area contributed by atoms with Gasteiger partial charge in [-0.2, -0.15) is 0 Å². The van der Waals surface area contributed by atoms with Crippen molar-refractivity contribution in [1.29, 1.82) is 0 Å². The van der Waals surface area contributed by atoms with E-state index in [1.165, 1.54) is 6.07 Å². The van der Waals surface area contributed by atoms with E-state index in [2.05, 4.69) is 19.2 Å². The van der Waals surface area contributed by atoms with Crippen LogP contribution in [-0.4, -0.2) is 13.1 Å². The Bertz CT molecular complexity index is 445. The van der Waals surface area contributed by atoms with Crippen LogP contribution in [0.25, 0.3) is 0 Å². The highest BCUT2D eigenvalue weighted by Gasteiger charge is 2.34.